The lowest BCUT2D eigenvalue weighted by Crippen LogP contribution is -2.46. The summed E-state index contributed by atoms with van der Waals surface area (Å²) in [6.45, 7) is 5.49. The monoisotopic (exact) mass is 354 g/mol. The van der Waals surface area contributed by atoms with Gasteiger partial charge in [0.05, 0.1) is 11.4 Å². The molecule has 24 heavy (non-hydrogen) atoms. The first kappa shape index (κ1) is 18.7. The number of anilines is 2. The van der Waals surface area contributed by atoms with Gasteiger partial charge < -0.3 is 10.1 Å². The molecule has 1 amide bonds. The zero-order chi connectivity index (χ0) is 18.0. The Morgan fingerprint density at radius 3 is 2.12 bits per heavy atom. The molecule has 1 aromatic carbocycles. The fourth-order valence-corrected chi connectivity index (χ4v) is 4.15. The number of hydrogen-bond acceptors (Lipinski definition) is 4. The van der Waals surface area contributed by atoms with Crippen molar-refractivity contribution in [3.05, 3.63) is 24.3 Å². The zero-order valence-corrected chi connectivity index (χ0v) is 15.5. The molecular weight excluding hydrogens is 328 g/mol. The number of amides is 1. The molecule has 1 aliphatic carbocycles. The summed E-state index contributed by atoms with van der Waals surface area (Å²) in [6.07, 6.45) is 2.52. The number of hydrogen-bond donors (Lipinski definition) is 2. The van der Waals surface area contributed by atoms with Crippen LogP contribution < -0.4 is 10.0 Å². The van der Waals surface area contributed by atoms with Crippen molar-refractivity contribution in [2.24, 2.45) is 5.41 Å². The molecule has 6 nitrogen and oxygen atoms in total. The van der Waals surface area contributed by atoms with Gasteiger partial charge in [-0.25, -0.2) is 8.42 Å². The van der Waals surface area contributed by atoms with Gasteiger partial charge in [-0.1, -0.05) is 20.8 Å². The van der Waals surface area contributed by atoms with Crippen LogP contribution in [0.15, 0.2) is 24.3 Å². The fourth-order valence-electron chi connectivity index (χ4n) is 2.48. The second kappa shape index (κ2) is 6.72. The van der Waals surface area contributed by atoms with Gasteiger partial charge >= 0.3 is 0 Å². The third-order valence-corrected chi connectivity index (χ3v) is 5.70. The van der Waals surface area contributed by atoms with E-state index in [2.05, 4.69) is 10.0 Å². The summed E-state index contributed by atoms with van der Waals surface area (Å²) in [5.41, 5.74) is 0.0591. The number of methoxy groups -OCH3 is 1. The Bertz CT molecular complexity index is 681. The van der Waals surface area contributed by atoms with E-state index in [0.29, 0.717) is 11.4 Å². The van der Waals surface area contributed by atoms with Crippen LogP contribution in [0, 0.1) is 5.41 Å². The molecule has 0 radical (unpaired) electrons. The van der Waals surface area contributed by atoms with Crippen LogP contribution in [0.5, 0.6) is 0 Å². The summed E-state index contributed by atoms with van der Waals surface area (Å²) in [5.74, 6) is -0.137. The van der Waals surface area contributed by atoms with Gasteiger partial charge in [-0.2, -0.15) is 0 Å². The van der Waals surface area contributed by atoms with Crippen LogP contribution in [0.3, 0.4) is 0 Å². The number of carbonyl (C=O) groups excluding carboxylic acids is 1. The molecular formula is C17H26N2O4S. The quantitative estimate of drug-likeness (QED) is 0.822. The van der Waals surface area contributed by atoms with Gasteiger partial charge in [0.2, 0.25) is 15.9 Å². The van der Waals surface area contributed by atoms with E-state index in [1.807, 2.05) is 20.8 Å². The average Bonchev–Trinajstić information content (AvgIpc) is 2.44. The van der Waals surface area contributed by atoms with Crippen molar-refractivity contribution in [1.82, 2.24) is 0 Å². The fraction of sp³-hybridized carbons (Fsp3) is 0.588. The number of sulfonamides is 1. The molecule has 134 valence electrons. The van der Waals surface area contributed by atoms with E-state index < -0.39 is 21.0 Å². The predicted octanol–water partition coefficient (Wildman–Crippen LogP) is 2.98. The lowest BCUT2D eigenvalue weighted by molar-refractivity contribution is -0.123. The van der Waals surface area contributed by atoms with Crippen molar-refractivity contribution in [3.8, 4) is 0 Å². The largest absolute Gasteiger partial charge is 0.377 e. The van der Waals surface area contributed by atoms with Crippen LogP contribution in [0.4, 0.5) is 11.4 Å². The van der Waals surface area contributed by atoms with E-state index in [1.54, 1.807) is 31.4 Å². The maximum Gasteiger partial charge on any atom is 0.235 e. The summed E-state index contributed by atoms with van der Waals surface area (Å²) < 4.78 is 32.5. The van der Waals surface area contributed by atoms with Gasteiger partial charge in [-0.15, -0.1) is 0 Å². The number of rotatable bonds is 6. The van der Waals surface area contributed by atoms with E-state index in [9.17, 15) is 13.2 Å². The van der Waals surface area contributed by atoms with E-state index in [4.69, 9.17) is 4.74 Å². The highest BCUT2D eigenvalue weighted by Crippen LogP contribution is 2.36. The first-order chi connectivity index (χ1) is 11.1. The molecule has 0 spiro atoms. The minimum absolute atomic E-state index is 0.0426. The van der Waals surface area contributed by atoms with Gasteiger partial charge in [0, 0.05) is 23.9 Å². The maximum absolute atomic E-state index is 12.3. The van der Waals surface area contributed by atoms with Crippen molar-refractivity contribution in [2.45, 2.75) is 45.6 Å². The van der Waals surface area contributed by atoms with Crippen LogP contribution in [0.25, 0.3) is 0 Å². The topological polar surface area (TPSA) is 84.5 Å². The summed E-state index contributed by atoms with van der Waals surface area (Å²) in [5, 5.41) is 2.80. The molecule has 1 aromatic rings. The number of ether oxygens (including phenoxy) is 1. The van der Waals surface area contributed by atoms with Crippen LogP contribution in [-0.4, -0.2) is 32.8 Å². The van der Waals surface area contributed by atoms with Crippen molar-refractivity contribution in [1.29, 1.82) is 0 Å². The van der Waals surface area contributed by atoms with Gasteiger partial charge in [-0.3, -0.25) is 9.52 Å². The van der Waals surface area contributed by atoms with Crippen molar-refractivity contribution in [3.63, 3.8) is 0 Å². The molecule has 1 aliphatic rings. The first-order valence-corrected chi connectivity index (χ1v) is 9.68. The maximum atomic E-state index is 12.3. The third kappa shape index (κ3) is 4.70. The Balaban J connectivity index is 1.99. The summed E-state index contributed by atoms with van der Waals surface area (Å²) in [7, 11) is -1.93. The van der Waals surface area contributed by atoms with Gasteiger partial charge in [0.1, 0.15) is 0 Å². The highest BCUT2D eigenvalue weighted by atomic mass is 32.2. The summed E-state index contributed by atoms with van der Waals surface area (Å²) >= 11 is 0. The SMILES string of the molecule is COC1(CS(=O)(=O)Nc2ccc(NC(=O)C(C)(C)C)cc2)CCC1. The summed E-state index contributed by atoms with van der Waals surface area (Å²) in [4.78, 5) is 11.9. The Labute approximate surface area is 144 Å². The molecule has 0 bridgehead atoms. The van der Waals surface area contributed by atoms with Gasteiger partial charge in [0.15, 0.2) is 0 Å². The summed E-state index contributed by atoms with van der Waals surface area (Å²) in [6, 6.07) is 6.63. The van der Waals surface area contributed by atoms with E-state index in [-0.39, 0.29) is 11.7 Å². The Morgan fingerprint density at radius 2 is 1.71 bits per heavy atom. The van der Waals surface area contributed by atoms with Crippen LogP contribution in [0.1, 0.15) is 40.0 Å². The molecule has 7 heteroatoms. The lowest BCUT2D eigenvalue weighted by atomic mass is 9.82. The minimum atomic E-state index is -3.49. The second-order valence-corrected chi connectivity index (χ2v) is 9.11. The molecule has 0 saturated heterocycles. The molecule has 1 saturated carbocycles. The Hall–Kier alpha value is -1.60. The van der Waals surface area contributed by atoms with Gasteiger partial charge in [-0.05, 0) is 43.5 Å². The van der Waals surface area contributed by atoms with Crippen LogP contribution in [-0.2, 0) is 19.6 Å². The Kier molecular flexibility index (Phi) is 5.25. The Morgan fingerprint density at radius 1 is 1.17 bits per heavy atom. The molecule has 0 aliphatic heterocycles. The molecule has 2 rings (SSSR count). The molecule has 0 unspecified atom stereocenters. The average molecular weight is 354 g/mol. The highest BCUT2D eigenvalue weighted by molar-refractivity contribution is 7.92. The molecule has 1 fully saturated rings. The lowest BCUT2D eigenvalue weighted by Gasteiger charge is -2.39. The number of carbonyl (C=O) groups is 1. The predicted molar refractivity (Wildman–Crippen MR) is 95.5 cm³/mol. The van der Waals surface area contributed by atoms with E-state index in [1.165, 1.54) is 0 Å². The first-order valence-electron chi connectivity index (χ1n) is 8.02. The van der Waals surface area contributed by atoms with Crippen molar-refractivity contribution < 1.29 is 17.9 Å². The van der Waals surface area contributed by atoms with Crippen LogP contribution >= 0.6 is 0 Å². The normalized spacial score (nSPS) is 17.0. The molecule has 2 N–H and O–H groups in total. The molecule has 0 heterocycles. The van der Waals surface area contributed by atoms with E-state index >= 15 is 0 Å². The smallest absolute Gasteiger partial charge is 0.235 e. The third-order valence-electron chi connectivity index (χ3n) is 4.25. The van der Waals surface area contributed by atoms with Crippen molar-refractivity contribution >= 4 is 27.3 Å². The zero-order valence-electron chi connectivity index (χ0n) is 14.7. The minimum Gasteiger partial charge on any atom is -0.377 e. The molecule has 0 aromatic heterocycles. The van der Waals surface area contributed by atoms with E-state index in [0.717, 1.165) is 19.3 Å². The standard InChI is InChI=1S/C17H26N2O4S/c1-16(2,3)15(20)18-13-6-8-14(9-7-13)19-24(21,22)12-17(23-4)10-5-11-17/h6-9,19H,5,10-12H2,1-4H3,(H,18,20). The van der Waals surface area contributed by atoms with Crippen LogP contribution in [0.2, 0.25) is 0 Å². The number of benzene rings is 1. The molecule has 0 atom stereocenters. The van der Waals surface area contributed by atoms with Crippen molar-refractivity contribution in [2.75, 3.05) is 22.9 Å². The van der Waals surface area contributed by atoms with Gasteiger partial charge in [0.25, 0.3) is 0 Å². The highest BCUT2D eigenvalue weighted by Gasteiger charge is 2.41. The second-order valence-electron chi connectivity index (χ2n) is 7.38. The number of nitrogens with one attached hydrogen (secondary N) is 2.